The minimum Gasteiger partial charge on any atom is -0.492 e. The summed E-state index contributed by atoms with van der Waals surface area (Å²) >= 11 is 2.47. The lowest BCUT2D eigenvalue weighted by Gasteiger charge is -2.17. The summed E-state index contributed by atoms with van der Waals surface area (Å²) in [5.41, 5.74) is 1.19. The summed E-state index contributed by atoms with van der Waals surface area (Å²) in [7, 11) is 0. The molecule has 12 nitrogen and oxygen atoms in total. The van der Waals surface area contributed by atoms with E-state index < -0.39 is 36.1 Å². The van der Waals surface area contributed by atoms with Gasteiger partial charge in [0.25, 0.3) is 5.70 Å². The van der Waals surface area contributed by atoms with Crippen molar-refractivity contribution in [2.45, 2.75) is 82.3 Å². The zero-order valence-corrected chi connectivity index (χ0v) is 28.7. The topological polar surface area (TPSA) is 152 Å². The van der Waals surface area contributed by atoms with Crippen LogP contribution in [0.15, 0.2) is 50.1 Å². The number of thioether (sulfide) groups is 2. The van der Waals surface area contributed by atoms with Crippen molar-refractivity contribution in [1.82, 2.24) is 0 Å². The lowest BCUT2D eigenvalue weighted by molar-refractivity contribution is -0.156. The summed E-state index contributed by atoms with van der Waals surface area (Å²) in [6.07, 6.45) is -0.381. The molecule has 2 rings (SSSR count). The number of ether oxygens (including phenoxy) is 6. The van der Waals surface area contributed by atoms with Crippen molar-refractivity contribution in [1.29, 1.82) is 5.26 Å². The van der Waals surface area contributed by atoms with Crippen LogP contribution in [0.3, 0.4) is 0 Å². The molecule has 1 aromatic rings. The highest BCUT2D eigenvalue weighted by molar-refractivity contribution is 8.24. The molecule has 14 heteroatoms. The molecule has 0 spiro atoms. The van der Waals surface area contributed by atoms with Crippen molar-refractivity contribution in [3.05, 3.63) is 57.3 Å². The molecule has 252 valence electrons. The zero-order chi connectivity index (χ0) is 35.1. The molecule has 0 aliphatic carbocycles. The number of allylic oxidation sites excluding steroid dienone is 1. The molecule has 0 saturated heterocycles. The Labute approximate surface area is 283 Å². The van der Waals surface area contributed by atoms with Gasteiger partial charge in [0.15, 0.2) is 0 Å². The summed E-state index contributed by atoms with van der Waals surface area (Å²) in [6, 6.07) is 3.70. The van der Waals surface area contributed by atoms with E-state index in [0.29, 0.717) is 38.4 Å². The van der Waals surface area contributed by atoms with E-state index in [2.05, 4.69) is 18.0 Å². The SMILES string of the molecule is [C-]#[N+]/C(C#N)=C1\Sc2c(OCCCC(=O)OCC(C)OC(=O)C(=C)C)cc(C)c(OCCCC(=O)OC(C)COC(=O)C(=C)C)c2S1. The maximum absolute atomic E-state index is 12.2. The van der Waals surface area contributed by atoms with E-state index in [0.717, 1.165) is 5.56 Å². The van der Waals surface area contributed by atoms with Crippen molar-refractivity contribution in [3.8, 4) is 17.6 Å². The molecule has 1 aliphatic rings. The fourth-order valence-corrected chi connectivity index (χ4v) is 6.21. The van der Waals surface area contributed by atoms with Crippen molar-refractivity contribution >= 4 is 47.4 Å². The van der Waals surface area contributed by atoms with Gasteiger partial charge in [-0.1, -0.05) is 36.7 Å². The van der Waals surface area contributed by atoms with Crippen LogP contribution in [0.25, 0.3) is 4.85 Å². The zero-order valence-electron chi connectivity index (χ0n) is 27.1. The van der Waals surface area contributed by atoms with Gasteiger partial charge in [0.1, 0.15) is 36.9 Å². The van der Waals surface area contributed by atoms with Crippen molar-refractivity contribution in [3.63, 3.8) is 0 Å². The number of carbonyl (C=O) groups is 4. The standard InChI is InChI=1S/C33H38N2O10S2/c1-19(2)31(38)43-18-22(6)44-27(37)12-10-14-41-28-21(5)15-25(29-30(28)47-33(46-29)24(16-34)35-8)40-13-9-11-26(36)42-17-23(7)45-32(39)20(3)4/h15,22-23H,1,3,9-14,17-18H2,2,4-7H3/b33-24+. The predicted molar refractivity (Wildman–Crippen MR) is 174 cm³/mol. The maximum Gasteiger partial charge on any atom is 0.333 e. The number of esters is 4. The van der Waals surface area contributed by atoms with Gasteiger partial charge in [-0.25, -0.2) is 19.7 Å². The minimum atomic E-state index is -0.618. The molecule has 1 aromatic carbocycles. The molecule has 0 N–H and O–H groups in total. The molecule has 0 fully saturated rings. The molecule has 0 saturated carbocycles. The number of hydrogen-bond acceptors (Lipinski definition) is 13. The number of hydrogen-bond donors (Lipinski definition) is 0. The first-order chi connectivity index (χ1) is 22.3. The largest absolute Gasteiger partial charge is 0.492 e. The van der Waals surface area contributed by atoms with Crippen LogP contribution in [0.2, 0.25) is 0 Å². The quantitative estimate of drug-likeness (QED) is 0.0429. The minimum absolute atomic E-state index is 0.0533. The second-order valence-electron chi connectivity index (χ2n) is 10.5. The molecule has 1 heterocycles. The Kier molecular flexibility index (Phi) is 15.9. The van der Waals surface area contributed by atoms with E-state index in [-0.39, 0.29) is 56.1 Å². The molecule has 0 amide bonds. The number of nitrogens with zero attached hydrogens (tertiary/aromatic N) is 2. The first-order valence-corrected chi connectivity index (χ1v) is 16.3. The number of fused-ring (bicyclic) bond motifs is 1. The Morgan fingerprint density at radius 3 is 2.09 bits per heavy atom. The van der Waals surface area contributed by atoms with Crippen LogP contribution in [0, 0.1) is 24.8 Å². The van der Waals surface area contributed by atoms with E-state index in [1.165, 1.54) is 37.4 Å². The first kappa shape index (κ1) is 38.8. The Hall–Kier alpha value is -4.40. The molecule has 2 unspecified atom stereocenters. The summed E-state index contributed by atoms with van der Waals surface area (Å²) in [5.74, 6) is -0.986. The Balaban J connectivity index is 1.97. The first-order valence-electron chi connectivity index (χ1n) is 14.6. The molecular formula is C33H38N2O10S2. The van der Waals surface area contributed by atoms with Crippen LogP contribution in [-0.4, -0.2) is 62.5 Å². The van der Waals surface area contributed by atoms with Gasteiger partial charge in [0.2, 0.25) is 0 Å². The fraction of sp³-hybridized carbons (Fsp3) is 0.455. The van der Waals surface area contributed by atoms with Crippen molar-refractivity contribution in [2.24, 2.45) is 0 Å². The Bertz CT molecular complexity index is 1490. The van der Waals surface area contributed by atoms with Gasteiger partial charge < -0.3 is 28.4 Å². The van der Waals surface area contributed by atoms with E-state index in [4.69, 9.17) is 35.0 Å². The number of aryl methyl sites for hydroxylation is 1. The highest BCUT2D eigenvalue weighted by atomic mass is 32.2. The fourth-order valence-electron chi connectivity index (χ4n) is 3.64. The molecular weight excluding hydrogens is 649 g/mol. The summed E-state index contributed by atoms with van der Waals surface area (Å²) in [6.45, 7) is 22.7. The summed E-state index contributed by atoms with van der Waals surface area (Å²) in [4.78, 5) is 52.2. The molecule has 0 aromatic heterocycles. The highest BCUT2D eigenvalue weighted by Crippen LogP contribution is 2.59. The normalized spacial score (nSPS) is 13.9. The molecule has 0 radical (unpaired) electrons. The smallest absolute Gasteiger partial charge is 0.333 e. The van der Waals surface area contributed by atoms with Crippen LogP contribution in [-0.2, 0) is 38.1 Å². The second kappa shape index (κ2) is 19.3. The predicted octanol–water partition coefficient (Wildman–Crippen LogP) is 6.22. The lowest BCUT2D eigenvalue weighted by atomic mass is 10.2. The lowest BCUT2D eigenvalue weighted by Crippen LogP contribution is -2.22. The van der Waals surface area contributed by atoms with Crippen LogP contribution >= 0.6 is 23.5 Å². The molecule has 0 bridgehead atoms. The number of nitriles is 1. The van der Waals surface area contributed by atoms with E-state index in [1.807, 2.05) is 13.0 Å². The number of carbonyl (C=O) groups excluding carboxylic acids is 4. The third kappa shape index (κ3) is 12.7. The van der Waals surface area contributed by atoms with Gasteiger partial charge in [-0.05, 0) is 59.1 Å². The average molecular weight is 687 g/mol. The van der Waals surface area contributed by atoms with Gasteiger partial charge in [0, 0.05) is 24.0 Å². The third-order valence-corrected chi connectivity index (χ3v) is 8.55. The van der Waals surface area contributed by atoms with Gasteiger partial charge in [-0.2, -0.15) is 0 Å². The third-order valence-electron chi connectivity index (χ3n) is 5.96. The van der Waals surface area contributed by atoms with E-state index >= 15 is 0 Å². The van der Waals surface area contributed by atoms with Crippen LogP contribution < -0.4 is 9.47 Å². The Morgan fingerprint density at radius 2 is 1.47 bits per heavy atom. The molecule has 1 aliphatic heterocycles. The van der Waals surface area contributed by atoms with E-state index in [1.54, 1.807) is 19.9 Å². The summed E-state index contributed by atoms with van der Waals surface area (Å²) < 4.78 is 33.1. The van der Waals surface area contributed by atoms with Crippen LogP contribution in [0.4, 0.5) is 0 Å². The van der Waals surface area contributed by atoms with Gasteiger partial charge in [-0.3, -0.25) is 9.59 Å². The Morgan fingerprint density at radius 1 is 0.894 bits per heavy atom. The van der Waals surface area contributed by atoms with Gasteiger partial charge in [-0.15, -0.1) is 0 Å². The molecule has 2 atom stereocenters. The monoisotopic (exact) mass is 686 g/mol. The van der Waals surface area contributed by atoms with E-state index in [9.17, 15) is 24.4 Å². The summed E-state index contributed by atoms with van der Waals surface area (Å²) in [5, 5.41) is 9.45. The maximum atomic E-state index is 12.2. The van der Waals surface area contributed by atoms with Gasteiger partial charge >= 0.3 is 23.9 Å². The van der Waals surface area contributed by atoms with Crippen molar-refractivity contribution < 1.29 is 47.6 Å². The molecule has 47 heavy (non-hydrogen) atoms. The van der Waals surface area contributed by atoms with Crippen molar-refractivity contribution in [2.75, 3.05) is 26.4 Å². The number of benzene rings is 1. The highest BCUT2D eigenvalue weighted by Gasteiger charge is 2.30. The average Bonchev–Trinajstić information content (AvgIpc) is 3.45. The second-order valence-corrected chi connectivity index (χ2v) is 12.8. The van der Waals surface area contributed by atoms with Gasteiger partial charge in [0.05, 0.1) is 39.9 Å². The van der Waals surface area contributed by atoms with Crippen LogP contribution in [0.1, 0.15) is 58.9 Å². The van der Waals surface area contributed by atoms with Crippen LogP contribution in [0.5, 0.6) is 11.5 Å². The number of rotatable bonds is 18.